The molecule has 1 amide bonds. The number of anilines is 1. The van der Waals surface area contributed by atoms with Crippen LogP contribution < -0.4 is 19.1 Å². The van der Waals surface area contributed by atoms with Gasteiger partial charge in [-0.15, -0.1) is 0 Å². The van der Waals surface area contributed by atoms with Gasteiger partial charge in [0.25, 0.3) is 5.78 Å². The molecule has 9 heteroatoms. The predicted molar refractivity (Wildman–Crippen MR) is 149 cm³/mol. The van der Waals surface area contributed by atoms with E-state index in [1.165, 1.54) is 16.2 Å². The van der Waals surface area contributed by atoms with Gasteiger partial charge in [-0.1, -0.05) is 29.5 Å². The van der Waals surface area contributed by atoms with Gasteiger partial charge >= 0.3 is 5.91 Å². The van der Waals surface area contributed by atoms with Crippen LogP contribution in [0.1, 0.15) is 35.2 Å². The van der Waals surface area contributed by atoms with Gasteiger partial charge in [0, 0.05) is 5.56 Å². The van der Waals surface area contributed by atoms with E-state index in [1.54, 1.807) is 42.5 Å². The lowest BCUT2D eigenvalue weighted by atomic mass is 9.95. The van der Waals surface area contributed by atoms with E-state index in [2.05, 4.69) is 0 Å². The zero-order chi connectivity index (χ0) is 27.3. The first-order valence-corrected chi connectivity index (χ1v) is 13.5. The lowest BCUT2D eigenvalue weighted by Gasteiger charge is -2.23. The van der Waals surface area contributed by atoms with E-state index in [1.807, 2.05) is 32.9 Å². The van der Waals surface area contributed by atoms with Gasteiger partial charge in [-0.05, 0) is 73.9 Å². The number of benzene rings is 3. The normalized spacial score (nSPS) is 18.1. The number of amides is 1. The van der Waals surface area contributed by atoms with E-state index in [0.29, 0.717) is 53.3 Å². The molecule has 0 spiro atoms. The Morgan fingerprint density at radius 3 is 2.54 bits per heavy atom. The topological polar surface area (TPSA) is 98.2 Å². The van der Waals surface area contributed by atoms with Crippen molar-refractivity contribution in [2.75, 3.05) is 24.7 Å². The second kappa shape index (κ2) is 9.74. The predicted octanol–water partition coefficient (Wildman–Crippen LogP) is 5.71. The van der Waals surface area contributed by atoms with Crippen LogP contribution in [0.15, 0.2) is 60.2 Å². The first kappa shape index (κ1) is 24.9. The SMILES string of the molecule is CCOc1ccc(C2/C(=C(/O)c3ccc4c(c3)OCCO4)C(=O)C(=O)N2c2nc3c(C)cc(C)cc3s2)cc1. The van der Waals surface area contributed by atoms with Crippen LogP contribution in [0.2, 0.25) is 0 Å². The van der Waals surface area contributed by atoms with Crippen LogP contribution in [0.5, 0.6) is 17.2 Å². The highest BCUT2D eigenvalue weighted by Gasteiger charge is 2.48. The van der Waals surface area contributed by atoms with E-state index < -0.39 is 17.7 Å². The number of aliphatic hydroxyl groups is 1. The zero-order valence-corrected chi connectivity index (χ0v) is 22.5. The molecule has 0 bridgehead atoms. The molecule has 3 aromatic carbocycles. The van der Waals surface area contributed by atoms with Gasteiger partial charge in [0.1, 0.15) is 24.7 Å². The van der Waals surface area contributed by atoms with Crippen LogP contribution in [0.4, 0.5) is 5.13 Å². The molecule has 1 N–H and O–H groups in total. The van der Waals surface area contributed by atoms with Crippen molar-refractivity contribution < 1.29 is 28.9 Å². The summed E-state index contributed by atoms with van der Waals surface area (Å²) in [6, 6.07) is 15.3. The summed E-state index contributed by atoms with van der Waals surface area (Å²) in [6.07, 6.45) is 0. The van der Waals surface area contributed by atoms with Crippen LogP contribution in [-0.2, 0) is 9.59 Å². The first-order valence-electron chi connectivity index (χ1n) is 12.7. The molecule has 0 saturated carbocycles. The molecule has 39 heavy (non-hydrogen) atoms. The Morgan fingerprint density at radius 2 is 1.79 bits per heavy atom. The molecule has 0 radical (unpaired) electrons. The average molecular weight is 543 g/mol. The number of carbonyl (C=O) groups excluding carboxylic acids is 2. The number of aromatic nitrogens is 1. The molecule has 1 atom stereocenters. The van der Waals surface area contributed by atoms with Crippen LogP contribution >= 0.6 is 11.3 Å². The summed E-state index contributed by atoms with van der Waals surface area (Å²) in [7, 11) is 0. The summed E-state index contributed by atoms with van der Waals surface area (Å²) < 4.78 is 17.8. The van der Waals surface area contributed by atoms with E-state index in [9.17, 15) is 14.7 Å². The van der Waals surface area contributed by atoms with Gasteiger partial charge in [0.2, 0.25) is 0 Å². The van der Waals surface area contributed by atoms with Crippen LogP contribution in [0, 0.1) is 13.8 Å². The maximum Gasteiger partial charge on any atom is 0.301 e. The van der Waals surface area contributed by atoms with Crippen molar-refractivity contribution in [3.8, 4) is 17.2 Å². The van der Waals surface area contributed by atoms with E-state index in [4.69, 9.17) is 19.2 Å². The number of ketones is 1. The molecule has 6 rings (SSSR count). The van der Waals surface area contributed by atoms with Gasteiger partial charge in [-0.3, -0.25) is 14.5 Å². The van der Waals surface area contributed by atoms with Gasteiger partial charge in [-0.2, -0.15) is 0 Å². The number of aryl methyl sites for hydroxylation is 2. The summed E-state index contributed by atoms with van der Waals surface area (Å²) in [6.45, 7) is 7.19. The third-order valence-electron chi connectivity index (χ3n) is 6.79. The molecule has 1 aromatic heterocycles. The maximum absolute atomic E-state index is 13.6. The number of rotatable bonds is 5. The number of fused-ring (bicyclic) bond motifs is 2. The Hall–Kier alpha value is -4.37. The van der Waals surface area contributed by atoms with Gasteiger partial charge < -0.3 is 19.3 Å². The summed E-state index contributed by atoms with van der Waals surface area (Å²) >= 11 is 1.34. The fourth-order valence-corrected chi connectivity index (χ4v) is 6.23. The smallest absolute Gasteiger partial charge is 0.301 e. The molecule has 8 nitrogen and oxygen atoms in total. The van der Waals surface area contributed by atoms with Crippen molar-refractivity contribution in [3.63, 3.8) is 0 Å². The highest BCUT2D eigenvalue weighted by Crippen LogP contribution is 2.45. The van der Waals surface area contributed by atoms with Crippen LogP contribution in [0.3, 0.4) is 0 Å². The van der Waals surface area contributed by atoms with Crippen molar-refractivity contribution in [3.05, 3.63) is 82.4 Å². The molecule has 2 aliphatic rings. The summed E-state index contributed by atoms with van der Waals surface area (Å²) in [5, 5.41) is 11.9. The molecule has 1 saturated heterocycles. The highest BCUT2D eigenvalue weighted by molar-refractivity contribution is 7.22. The molecule has 4 aromatic rings. The Morgan fingerprint density at radius 1 is 1.05 bits per heavy atom. The average Bonchev–Trinajstić information content (AvgIpc) is 3.47. The zero-order valence-electron chi connectivity index (χ0n) is 21.7. The highest BCUT2D eigenvalue weighted by atomic mass is 32.1. The number of ether oxygens (including phenoxy) is 3. The molecule has 0 aliphatic carbocycles. The molecular formula is C30H26N2O6S. The molecule has 3 heterocycles. The second-order valence-corrected chi connectivity index (χ2v) is 10.5. The Bertz CT molecular complexity index is 1660. The number of nitrogens with zero attached hydrogens (tertiary/aromatic N) is 2. The lowest BCUT2D eigenvalue weighted by Crippen LogP contribution is -2.29. The quantitative estimate of drug-likeness (QED) is 0.196. The number of aliphatic hydroxyl groups excluding tert-OH is 1. The fraction of sp³-hybridized carbons (Fsp3) is 0.233. The van der Waals surface area contributed by atoms with Crippen LogP contribution in [-0.4, -0.2) is 41.6 Å². The lowest BCUT2D eigenvalue weighted by molar-refractivity contribution is -0.132. The van der Waals surface area contributed by atoms with Crippen molar-refractivity contribution >= 4 is 44.1 Å². The minimum absolute atomic E-state index is 0.0204. The van der Waals surface area contributed by atoms with E-state index >= 15 is 0 Å². The number of hydrogen-bond donors (Lipinski definition) is 1. The number of carbonyl (C=O) groups is 2. The van der Waals surface area contributed by atoms with Crippen LogP contribution in [0.25, 0.3) is 16.0 Å². The Balaban J connectivity index is 1.53. The third kappa shape index (κ3) is 4.28. The van der Waals surface area contributed by atoms with E-state index in [0.717, 1.165) is 21.3 Å². The Kier molecular flexibility index (Phi) is 6.23. The Labute approximate surface area is 229 Å². The first-order chi connectivity index (χ1) is 18.9. The molecule has 1 unspecified atom stereocenters. The van der Waals surface area contributed by atoms with Gasteiger partial charge in [-0.25, -0.2) is 4.98 Å². The maximum atomic E-state index is 13.6. The van der Waals surface area contributed by atoms with Crippen molar-refractivity contribution in [2.45, 2.75) is 26.8 Å². The third-order valence-corrected chi connectivity index (χ3v) is 7.79. The standard InChI is InChI=1S/C30H26N2O6S/c1-4-36-20-8-5-18(6-9-20)26-24(27(33)19-7-10-21-22(15-19)38-12-11-37-21)28(34)29(35)32(26)30-31-25-17(3)13-16(2)14-23(25)39-30/h5-10,13-15,26,33H,4,11-12H2,1-3H3/b27-24-. The second-order valence-electron chi connectivity index (χ2n) is 9.45. The summed E-state index contributed by atoms with van der Waals surface area (Å²) in [5.74, 6) is -0.138. The molecule has 2 aliphatic heterocycles. The minimum atomic E-state index is -0.893. The number of Topliss-reactive ketones (excluding diaryl/α,β-unsaturated/α-hetero) is 1. The minimum Gasteiger partial charge on any atom is -0.507 e. The summed E-state index contributed by atoms with van der Waals surface area (Å²) in [5.41, 5.74) is 3.82. The van der Waals surface area contributed by atoms with Gasteiger partial charge in [0.15, 0.2) is 16.6 Å². The summed E-state index contributed by atoms with van der Waals surface area (Å²) in [4.78, 5) is 33.3. The monoisotopic (exact) mass is 542 g/mol. The molecular weight excluding hydrogens is 516 g/mol. The molecule has 198 valence electrons. The van der Waals surface area contributed by atoms with Crippen molar-refractivity contribution in [1.82, 2.24) is 4.98 Å². The number of hydrogen-bond acceptors (Lipinski definition) is 8. The fourth-order valence-electron chi connectivity index (χ4n) is 5.07. The largest absolute Gasteiger partial charge is 0.507 e. The van der Waals surface area contributed by atoms with Gasteiger partial charge in [0.05, 0.1) is 28.4 Å². The molecule has 1 fully saturated rings. The van der Waals surface area contributed by atoms with Crippen molar-refractivity contribution in [1.29, 1.82) is 0 Å². The van der Waals surface area contributed by atoms with E-state index in [-0.39, 0.29) is 11.3 Å². The number of thiazole rings is 1. The van der Waals surface area contributed by atoms with Crippen molar-refractivity contribution in [2.24, 2.45) is 0 Å².